The predicted molar refractivity (Wildman–Crippen MR) is 47.1 cm³/mol. The molecule has 5 nitrogen and oxygen atoms in total. The van der Waals surface area contributed by atoms with E-state index in [2.05, 4.69) is 10.3 Å². The van der Waals surface area contributed by atoms with Gasteiger partial charge in [0.05, 0.1) is 0 Å². The van der Waals surface area contributed by atoms with Crippen LogP contribution in [0.4, 0.5) is 4.79 Å². The van der Waals surface area contributed by atoms with Crippen molar-refractivity contribution >= 4 is 29.4 Å². The van der Waals surface area contributed by atoms with E-state index >= 15 is 0 Å². The van der Waals surface area contributed by atoms with Crippen molar-refractivity contribution in [1.29, 1.82) is 0 Å². The number of hydrogen-bond acceptors (Lipinski definition) is 3. The average Bonchev–Trinajstić information content (AvgIpc) is 2.52. The second-order valence-electron chi connectivity index (χ2n) is 2.07. The monoisotopic (exact) mass is 187 g/mol. The number of hydrogen-bond donors (Lipinski definition) is 1. The van der Waals surface area contributed by atoms with Crippen LogP contribution in [0, 0.1) is 0 Å². The van der Waals surface area contributed by atoms with E-state index in [1.807, 2.05) is 0 Å². The molecule has 1 aliphatic rings. The second kappa shape index (κ2) is 4.10. The SMILES string of the molecule is CNC(=O)N1CCSC1=NC=O. The van der Waals surface area contributed by atoms with Gasteiger partial charge in [0, 0.05) is 19.3 Å². The van der Waals surface area contributed by atoms with Gasteiger partial charge >= 0.3 is 6.03 Å². The molecule has 1 N–H and O–H groups in total. The van der Waals surface area contributed by atoms with E-state index in [4.69, 9.17) is 0 Å². The van der Waals surface area contributed by atoms with Gasteiger partial charge in [0.25, 0.3) is 0 Å². The molecule has 0 spiro atoms. The molecule has 12 heavy (non-hydrogen) atoms. The number of rotatable bonds is 1. The molecular formula is C6H9N3O2S. The second-order valence-corrected chi connectivity index (χ2v) is 3.13. The minimum absolute atomic E-state index is 0.222. The lowest BCUT2D eigenvalue weighted by Crippen LogP contribution is -2.38. The summed E-state index contributed by atoms with van der Waals surface area (Å²) in [5, 5.41) is 2.95. The van der Waals surface area contributed by atoms with Crippen LogP contribution in [0.25, 0.3) is 0 Å². The van der Waals surface area contributed by atoms with Gasteiger partial charge in [-0.3, -0.25) is 9.69 Å². The van der Waals surface area contributed by atoms with E-state index in [0.717, 1.165) is 5.75 Å². The van der Waals surface area contributed by atoms with Crippen LogP contribution in [-0.4, -0.2) is 41.9 Å². The summed E-state index contributed by atoms with van der Waals surface area (Å²) in [5.74, 6) is 0.792. The number of amides is 3. The number of thioether (sulfide) groups is 1. The molecule has 0 saturated carbocycles. The Kier molecular flexibility index (Phi) is 3.09. The Morgan fingerprint density at radius 2 is 2.58 bits per heavy atom. The van der Waals surface area contributed by atoms with Gasteiger partial charge in [-0.15, -0.1) is 0 Å². The number of aliphatic imine (C=N–C) groups is 1. The summed E-state index contributed by atoms with van der Waals surface area (Å²) in [4.78, 5) is 26.1. The molecule has 66 valence electrons. The number of nitrogens with one attached hydrogen (secondary N) is 1. The van der Waals surface area contributed by atoms with E-state index in [1.165, 1.54) is 16.7 Å². The molecule has 0 aliphatic carbocycles. The fourth-order valence-corrected chi connectivity index (χ4v) is 1.78. The maximum atomic E-state index is 11.1. The molecule has 0 unspecified atom stereocenters. The molecule has 0 bridgehead atoms. The van der Waals surface area contributed by atoms with Gasteiger partial charge in [-0.1, -0.05) is 11.8 Å². The van der Waals surface area contributed by atoms with Crippen LogP contribution >= 0.6 is 11.8 Å². The number of amidine groups is 1. The quantitative estimate of drug-likeness (QED) is 0.582. The highest BCUT2D eigenvalue weighted by molar-refractivity contribution is 8.14. The van der Waals surface area contributed by atoms with Crippen molar-refractivity contribution in [3.63, 3.8) is 0 Å². The highest BCUT2D eigenvalue weighted by Gasteiger charge is 2.24. The molecule has 6 heteroatoms. The van der Waals surface area contributed by atoms with E-state index in [1.54, 1.807) is 7.05 Å². The first-order chi connectivity index (χ1) is 5.79. The Morgan fingerprint density at radius 1 is 1.83 bits per heavy atom. The Hall–Kier alpha value is -1.04. The fraction of sp³-hybridized carbons (Fsp3) is 0.500. The van der Waals surface area contributed by atoms with E-state index in [0.29, 0.717) is 18.1 Å². The zero-order chi connectivity index (χ0) is 8.97. The summed E-state index contributed by atoms with van der Waals surface area (Å²) in [6.07, 6.45) is 0.448. The number of carbonyl (C=O) groups excluding carboxylic acids is 2. The van der Waals surface area contributed by atoms with Crippen molar-refractivity contribution in [3.8, 4) is 0 Å². The Bertz CT molecular complexity index is 229. The van der Waals surface area contributed by atoms with Crippen LogP contribution in [0.2, 0.25) is 0 Å². The first-order valence-corrected chi connectivity index (χ1v) is 4.41. The van der Waals surface area contributed by atoms with Crippen molar-refractivity contribution in [3.05, 3.63) is 0 Å². The lowest BCUT2D eigenvalue weighted by molar-refractivity contribution is -0.106. The summed E-state index contributed by atoms with van der Waals surface area (Å²) < 4.78 is 0. The van der Waals surface area contributed by atoms with Crippen LogP contribution in [-0.2, 0) is 4.79 Å². The summed E-state index contributed by atoms with van der Waals surface area (Å²) in [6, 6.07) is -0.222. The predicted octanol–water partition coefficient (Wildman–Crippen LogP) is -0.113. The van der Waals surface area contributed by atoms with Gasteiger partial charge < -0.3 is 5.32 Å². The molecule has 1 aliphatic heterocycles. The highest BCUT2D eigenvalue weighted by Crippen LogP contribution is 2.17. The zero-order valence-electron chi connectivity index (χ0n) is 6.61. The van der Waals surface area contributed by atoms with Crippen molar-refractivity contribution in [2.45, 2.75) is 0 Å². The Morgan fingerprint density at radius 3 is 3.17 bits per heavy atom. The molecule has 1 rings (SSSR count). The van der Waals surface area contributed by atoms with Gasteiger partial charge in [-0.25, -0.2) is 4.79 Å². The van der Waals surface area contributed by atoms with Crippen molar-refractivity contribution < 1.29 is 9.59 Å². The van der Waals surface area contributed by atoms with E-state index in [9.17, 15) is 9.59 Å². The van der Waals surface area contributed by atoms with Gasteiger partial charge in [-0.05, 0) is 0 Å². The van der Waals surface area contributed by atoms with Gasteiger partial charge in [0.1, 0.15) is 0 Å². The maximum Gasteiger partial charge on any atom is 0.323 e. The van der Waals surface area contributed by atoms with Crippen LogP contribution in [0.1, 0.15) is 0 Å². The van der Waals surface area contributed by atoms with Crippen molar-refractivity contribution in [1.82, 2.24) is 10.2 Å². The molecule has 3 amide bonds. The molecule has 1 heterocycles. The van der Waals surface area contributed by atoms with E-state index < -0.39 is 0 Å². The van der Waals surface area contributed by atoms with Crippen molar-refractivity contribution in [2.24, 2.45) is 4.99 Å². The first-order valence-electron chi connectivity index (χ1n) is 3.43. The molecule has 0 aromatic heterocycles. The molecule has 1 saturated heterocycles. The molecule has 0 aromatic rings. The molecule has 0 radical (unpaired) electrons. The first kappa shape index (κ1) is 9.05. The minimum Gasteiger partial charge on any atom is -0.341 e. The standard InChI is InChI=1S/C6H9N3O2S/c1-7-5(11)9-2-3-12-6(9)8-4-10/h4H,2-3H2,1H3,(H,7,11). The van der Waals surface area contributed by atoms with Gasteiger partial charge in [-0.2, -0.15) is 4.99 Å². The lowest BCUT2D eigenvalue weighted by Gasteiger charge is -2.13. The van der Waals surface area contributed by atoms with Crippen molar-refractivity contribution in [2.75, 3.05) is 19.3 Å². The third kappa shape index (κ3) is 1.76. The molecule has 0 atom stereocenters. The Labute approximate surface area is 74.2 Å². The summed E-state index contributed by atoms with van der Waals surface area (Å²) in [6.45, 7) is 0.608. The lowest BCUT2D eigenvalue weighted by atomic mass is 10.6. The number of nitrogens with zero attached hydrogens (tertiary/aromatic N) is 2. The van der Waals surface area contributed by atoms with Gasteiger partial charge in [0.15, 0.2) is 5.17 Å². The van der Waals surface area contributed by atoms with Crippen LogP contribution in [0.3, 0.4) is 0 Å². The normalized spacial score (nSPS) is 19.8. The summed E-state index contributed by atoms with van der Waals surface area (Å²) >= 11 is 1.40. The number of urea groups is 1. The smallest absolute Gasteiger partial charge is 0.323 e. The highest BCUT2D eigenvalue weighted by atomic mass is 32.2. The Balaban J connectivity index is 2.70. The van der Waals surface area contributed by atoms with Crippen LogP contribution in [0.5, 0.6) is 0 Å². The zero-order valence-corrected chi connectivity index (χ0v) is 7.43. The molecular weight excluding hydrogens is 178 g/mol. The minimum atomic E-state index is -0.222. The summed E-state index contributed by atoms with van der Waals surface area (Å²) in [7, 11) is 1.55. The molecule has 1 fully saturated rings. The topological polar surface area (TPSA) is 61.8 Å². The third-order valence-electron chi connectivity index (χ3n) is 1.40. The average molecular weight is 187 g/mol. The molecule has 0 aromatic carbocycles. The largest absolute Gasteiger partial charge is 0.341 e. The van der Waals surface area contributed by atoms with Crippen LogP contribution < -0.4 is 5.32 Å². The summed E-state index contributed by atoms with van der Waals surface area (Å²) in [5.41, 5.74) is 0. The maximum absolute atomic E-state index is 11.1. The fourth-order valence-electron chi connectivity index (χ4n) is 0.877. The third-order valence-corrected chi connectivity index (χ3v) is 2.37. The van der Waals surface area contributed by atoms with Crippen LogP contribution in [0.15, 0.2) is 4.99 Å². The number of carbonyl (C=O) groups is 2. The van der Waals surface area contributed by atoms with Gasteiger partial charge in [0.2, 0.25) is 6.41 Å². The van der Waals surface area contributed by atoms with E-state index in [-0.39, 0.29) is 6.03 Å².